The summed E-state index contributed by atoms with van der Waals surface area (Å²) in [6, 6.07) is 21.9. The van der Waals surface area contributed by atoms with Gasteiger partial charge in [-0.05, 0) is 66.2 Å². The highest BCUT2D eigenvalue weighted by Gasteiger charge is 2.44. The van der Waals surface area contributed by atoms with Gasteiger partial charge in [-0.3, -0.25) is 19.4 Å². The van der Waals surface area contributed by atoms with E-state index in [1.807, 2.05) is 74.9 Å². The van der Waals surface area contributed by atoms with E-state index in [1.54, 1.807) is 29.5 Å². The molecule has 4 aromatic heterocycles. The first kappa shape index (κ1) is 51.6. The van der Waals surface area contributed by atoms with Crippen molar-refractivity contribution in [2.24, 2.45) is 11.7 Å². The van der Waals surface area contributed by atoms with Gasteiger partial charge in [0.1, 0.15) is 30.9 Å². The maximum atomic E-state index is 14.3. The lowest BCUT2D eigenvalue weighted by Crippen LogP contribution is -2.54. The Labute approximate surface area is 440 Å². The normalized spacial score (nSPS) is 20.9. The number of nitrogens with two attached hydrogens (primary N) is 2. The molecule has 2 unspecified atom stereocenters. The van der Waals surface area contributed by atoms with Crippen LogP contribution in [0.4, 0.5) is 17.2 Å². The molecule has 4 fully saturated rings. The first-order valence-corrected chi connectivity index (χ1v) is 26.9. The number of piperazine rings is 2. The maximum Gasteiger partial charge on any atom is 0.254 e. The lowest BCUT2D eigenvalue weighted by Gasteiger charge is -2.43. The number of ether oxygens (including phenoxy) is 2. The minimum absolute atomic E-state index is 0.0230. The maximum absolute atomic E-state index is 14.3. The van der Waals surface area contributed by atoms with E-state index < -0.39 is 24.1 Å². The number of likely N-dealkylation sites (tertiary alicyclic amines) is 1. The number of aryl methyl sites for hydroxylation is 1. The second kappa shape index (κ2) is 22.9. The van der Waals surface area contributed by atoms with Crippen LogP contribution in [0.25, 0.3) is 21.7 Å². The predicted molar refractivity (Wildman–Crippen MR) is 286 cm³/mol. The summed E-state index contributed by atoms with van der Waals surface area (Å²) in [6.07, 6.45) is 3.20. The largest absolute Gasteiger partial charge is 0.507 e. The highest BCUT2D eigenvalue weighted by Crippen LogP contribution is 2.40. The van der Waals surface area contributed by atoms with Crippen molar-refractivity contribution in [3.63, 3.8) is 0 Å². The van der Waals surface area contributed by atoms with Crippen LogP contribution < -0.4 is 36.1 Å². The Morgan fingerprint density at radius 2 is 1.60 bits per heavy atom. The van der Waals surface area contributed by atoms with E-state index in [0.717, 1.165) is 91.7 Å². The highest BCUT2D eigenvalue weighted by molar-refractivity contribution is 7.13. The SMILES string of the molecule is Cc1ncsc1-c1ccc([C@H](CN)NC(=O)[C@@H]2C[C@@H](O)CN2C(=O)[C@H](c2cc(OCCN3CCN(CCOc4cc(N5C6CCC5CN(c5cc(-c7ccccc7O)nnc5N)C6)ccn4)CC3)no2)C(C)C)cc1. The minimum atomic E-state index is -0.884. The van der Waals surface area contributed by atoms with Gasteiger partial charge in [0, 0.05) is 114 Å². The number of aromatic nitrogens is 5. The van der Waals surface area contributed by atoms with Crippen LogP contribution in [0.2, 0.25) is 0 Å². The van der Waals surface area contributed by atoms with Gasteiger partial charge in [0.15, 0.2) is 11.6 Å². The molecule has 0 saturated carbocycles. The molecule has 6 atom stereocenters. The molecule has 4 aliphatic heterocycles. The summed E-state index contributed by atoms with van der Waals surface area (Å²) >= 11 is 1.57. The number of β-amino-alcohol motifs (C(OH)–C–C–N with tert-alkyl or cyclic N) is 1. The third-order valence-corrected chi connectivity index (χ3v) is 16.1. The summed E-state index contributed by atoms with van der Waals surface area (Å²) in [5.41, 5.74) is 20.3. The van der Waals surface area contributed by atoms with Crippen molar-refractivity contribution < 1.29 is 33.8 Å². The number of benzene rings is 2. The van der Waals surface area contributed by atoms with Gasteiger partial charge in [0.2, 0.25) is 17.7 Å². The number of carbonyl (C=O) groups excluding carboxylic acids is 2. The molecule has 2 aromatic carbocycles. The zero-order valence-electron chi connectivity index (χ0n) is 42.7. The van der Waals surface area contributed by atoms with Crippen LogP contribution in [-0.2, 0) is 9.59 Å². The number of rotatable bonds is 19. The number of phenolic OH excluding ortho intramolecular Hbond substituents is 1. The molecule has 20 nitrogen and oxygen atoms in total. The predicted octanol–water partition coefficient (Wildman–Crippen LogP) is 4.70. The third kappa shape index (κ3) is 11.5. The highest BCUT2D eigenvalue weighted by atomic mass is 32.1. The number of pyridine rings is 1. The van der Waals surface area contributed by atoms with E-state index in [1.165, 1.54) is 4.90 Å². The Balaban J connectivity index is 0.659. The monoisotopic (exact) mass is 1040 g/mol. The zero-order chi connectivity index (χ0) is 52.2. The van der Waals surface area contributed by atoms with Crippen molar-refractivity contribution in [1.29, 1.82) is 0 Å². The molecule has 21 heteroatoms. The summed E-state index contributed by atoms with van der Waals surface area (Å²) < 4.78 is 18.0. The number of thiazole rings is 1. The van der Waals surface area contributed by atoms with E-state index in [-0.39, 0.29) is 61.0 Å². The summed E-state index contributed by atoms with van der Waals surface area (Å²) in [5.74, 6) is 0.130. The first-order chi connectivity index (χ1) is 36.4. The Kier molecular flexibility index (Phi) is 15.8. The van der Waals surface area contributed by atoms with Crippen molar-refractivity contribution in [2.75, 3.05) is 94.2 Å². The number of aromatic hydroxyl groups is 1. The number of fused-ring (bicyclic) bond motifs is 2. The smallest absolute Gasteiger partial charge is 0.254 e. The van der Waals surface area contributed by atoms with Gasteiger partial charge in [0.05, 0.1) is 39.6 Å². The molecular weight excluding hydrogens is 975 g/mol. The fourth-order valence-electron chi connectivity index (χ4n) is 11.1. The van der Waals surface area contributed by atoms with Crippen molar-refractivity contribution in [3.05, 3.63) is 102 Å². The number of nitrogen functional groups attached to an aromatic ring is 1. The number of nitrogens with one attached hydrogen (secondary N) is 1. The number of hydrogen-bond acceptors (Lipinski definition) is 19. The van der Waals surface area contributed by atoms with Gasteiger partial charge in [-0.15, -0.1) is 21.5 Å². The topological polar surface area (TPSA) is 251 Å². The lowest BCUT2D eigenvalue weighted by molar-refractivity contribution is -0.141. The first-order valence-electron chi connectivity index (χ1n) is 26.0. The molecule has 2 amide bonds. The molecule has 6 aromatic rings. The second-order valence-electron chi connectivity index (χ2n) is 20.3. The molecule has 0 spiro atoms. The van der Waals surface area contributed by atoms with Crippen LogP contribution in [0.5, 0.6) is 17.5 Å². The fraction of sp³-hybridized carbons (Fsp3) is 0.463. The third-order valence-electron chi connectivity index (χ3n) is 15.1. The molecule has 2 bridgehead atoms. The molecule has 4 aliphatic rings. The van der Waals surface area contributed by atoms with Gasteiger partial charge < -0.3 is 55.7 Å². The average molecular weight is 1040 g/mol. The van der Waals surface area contributed by atoms with Crippen LogP contribution in [0, 0.1) is 12.8 Å². The standard InChI is InChI=1S/C54H67N13O7S/c1-33(2)50(54(71)66-31-40(68)25-45(66)53(70)59-43(28-55)35-8-10-36(11-9-35)51-34(3)58-32-75-51)47-27-49(62-74-47)73-23-21-64-18-16-63(17-19-64)20-22-72-48-24-37(14-15-57-48)67-38-12-13-39(67)30-65(29-38)44-26-42(60-61-52(44)56)41-6-4-5-7-46(41)69/h4-11,14-15,24,26-27,32-33,38-40,43,45,50,68-69H,12-13,16-23,25,28-31,55H2,1-3H3,(H2,56,61)(H,59,70)/t38?,39?,40-,43+,45+,50+/m1/s1. The molecule has 0 aliphatic carbocycles. The Morgan fingerprint density at radius 1 is 0.893 bits per heavy atom. The van der Waals surface area contributed by atoms with E-state index in [2.05, 4.69) is 62.4 Å². The van der Waals surface area contributed by atoms with E-state index in [0.29, 0.717) is 48.5 Å². The number of para-hydroxylation sites is 1. The van der Waals surface area contributed by atoms with Crippen LogP contribution >= 0.6 is 11.3 Å². The Hall–Kier alpha value is -6.91. The van der Waals surface area contributed by atoms with Gasteiger partial charge in [0.25, 0.3) is 5.88 Å². The number of amides is 2. The number of aliphatic hydroxyl groups is 1. The average Bonchev–Trinajstić information content (AvgIpc) is 4.22. The molecule has 7 N–H and O–H groups in total. The van der Waals surface area contributed by atoms with Crippen molar-refractivity contribution in [3.8, 4) is 39.2 Å². The number of phenols is 1. The molecule has 4 saturated heterocycles. The quantitative estimate of drug-likeness (QED) is 0.0738. The summed E-state index contributed by atoms with van der Waals surface area (Å²) in [5, 5.41) is 36.9. The molecule has 75 heavy (non-hydrogen) atoms. The van der Waals surface area contributed by atoms with Crippen LogP contribution in [-0.4, -0.2) is 165 Å². The number of anilines is 3. The number of carbonyl (C=O) groups is 2. The zero-order valence-corrected chi connectivity index (χ0v) is 43.5. The van der Waals surface area contributed by atoms with Crippen LogP contribution in [0.15, 0.2) is 89.0 Å². The van der Waals surface area contributed by atoms with E-state index in [4.69, 9.17) is 25.5 Å². The van der Waals surface area contributed by atoms with E-state index >= 15 is 0 Å². The van der Waals surface area contributed by atoms with Crippen molar-refractivity contribution in [2.45, 2.75) is 76.2 Å². The minimum Gasteiger partial charge on any atom is -0.507 e. The van der Waals surface area contributed by atoms with Crippen LogP contribution in [0.3, 0.4) is 0 Å². The van der Waals surface area contributed by atoms with Gasteiger partial charge in [-0.1, -0.05) is 50.2 Å². The number of aliphatic hydroxyl groups excluding tert-OH is 1. The van der Waals surface area contributed by atoms with Crippen molar-refractivity contribution >= 4 is 40.3 Å². The molecular formula is C54H67N13O7S. The van der Waals surface area contributed by atoms with E-state index in [9.17, 15) is 19.8 Å². The molecule has 0 radical (unpaired) electrons. The second-order valence-corrected chi connectivity index (χ2v) is 21.2. The molecule has 10 rings (SSSR count). The van der Waals surface area contributed by atoms with Gasteiger partial charge >= 0.3 is 0 Å². The Bertz CT molecular complexity index is 2900. The summed E-state index contributed by atoms with van der Waals surface area (Å²) in [4.78, 5) is 49.1. The van der Waals surface area contributed by atoms with Gasteiger partial charge in [-0.2, -0.15) is 0 Å². The summed E-state index contributed by atoms with van der Waals surface area (Å²) in [7, 11) is 0. The lowest BCUT2D eigenvalue weighted by atomic mass is 9.91. The molecule has 396 valence electrons. The Morgan fingerprint density at radius 3 is 2.27 bits per heavy atom. The number of hydrogen-bond donors (Lipinski definition) is 5. The fourth-order valence-corrected chi connectivity index (χ4v) is 11.9. The van der Waals surface area contributed by atoms with Crippen molar-refractivity contribution in [1.82, 2.24) is 45.3 Å². The summed E-state index contributed by atoms with van der Waals surface area (Å²) in [6.45, 7) is 13.5. The molecule has 8 heterocycles. The van der Waals surface area contributed by atoms with Gasteiger partial charge in [-0.25, -0.2) is 9.97 Å². The van der Waals surface area contributed by atoms with Crippen LogP contribution in [0.1, 0.15) is 62.1 Å². The number of nitrogens with zero attached hydrogens (tertiary/aromatic N) is 10.